The number of hydrogen-bond acceptors (Lipinski definition) is 8. The molecule has 1 saturated heterocycles. The van der Waals surface area contributed by atoms with Crippen LogP contribution in [0.3, 0.4) is 0 Å². The highest BCUT2D eigenvalue weighted by Crippen LogP contribution is 2.29. The highest BCUT2D eigenvalue weighted by atomic mass is 32.1. The molecule has 220 valence electrons. The second kappa shape index (κ2) is 13.3. The minimum Gasteiger partial charge on any atom is -0.489 e. The van der Waals surface area contributed by atoms with Gasteiger partial charge in [-0.3, -0.25) is 19.4 Å². The van der Waals surface area contributed by atoms with Gasteiger partial charge in [0.25, 0.3) is 5.91 Å². The van der Waals surface area contributed by atoms with E-state index in [0.717, 1.165) is 46.5 Å². The smallest absolute Gasteiger partial charge is 0.322 e. The van der Waals surface area contributed by atoms with Crippen LogP contribution in [0, 0.1) is 6.92 Å². The Bertz CT molecular complexity index is 1600. The van der Waals surface area contributed by atoms with E-state index < -0.39 is 0 Å². The van der Waals surface area contributed by atoms with Crippen molar-refractivity contribution >= 4 is 34.1 Å². The molecule has 2 aromatic carbocycles. The third-order valence-electron chi connectivity index (χ3n) is 7.49. The summed E-state index contributed by atoms with van der Waals surface area (Å²) in [5.74, 6) is 0.247. The van der Waals surface area contributed by atoms with Crippen LogP contribution < -0.4 is 14.9 Å². The van der Waals surface area contributed by atoms with Crippen molar-refractivity contribution in [2.24, 2.45) is 0 Å². The number of piperidine rings is 1. The highest BCUT2D eigenvalue weighted by Gasteiger charge is 2.35. The minimum absolute atomic E-state index is 0.0834. The Morgan fingerprint density at radius 1 is 1.17 bits per heavy atom. The first-order valence-electron chi connectivity index (χ1n) is 14.1. The molecule has 0 bridgehead atoms. The Kier molecular flexibility index (Phi) is 9.28. The number of carbonyl (C=O) groups is 2. The molecule has 1 fully saturated rings. The molecule has 2 N–H and O–H groups in total. The molecule has 10 nitrogen and oxygen atoms in total. The molecule has 11 heteroatoms. The number of aromatic nitrogens is 3. The number of benzene rings is 2. The number of carbonyl (C=O) groups excluding carboxylic acids is 2. The second-order valence-corrected chi connectivity index (χ2v) is 11.9. The number of aryl methyl sites for hydroxylation is 1. The number of H-pyrrole nitrogens is 1. The monoisotopic (exact) mass is 588 g/mol. The van der Waals surface area contributed by atoms with Gasteiger partial charge in [-0.25, -0.2) is 5.10 Å². The zero-order chi connectivity index (χ0) is 29.6. The lowest BCUT2D eigenvalue weighted by Crippen LogP contribution is -2.51. The Morgan fingerprint density at radius 3 is 2.69 bits per heavy atom. The fourth-order valence-electron chi connectivity index (χ4n) is 5.34. The number of nitrogens with one attached hydrogen (secondary N) is 2. The van der Waals surface area contributed by atoms with Gasteiger partial charge in [-0.2, -0.15) is 5.10 Å². The molecular formula is C31H36N6O4S. The molecule has 3 heterocycles. The van der Waals surface area contributed by atoms with Gasteiger partial charge in [-0.15, -0.1) is 0 Å². The van der Waals surface area contributed by atoms with Crippen LogP contribution in [0.5, 0.6) is 5.75 Å². The van der Waals surface area contributed by atoms with Gasteiger partial charge in [0.1, 0.15) is 17.4 Å². The van der Waals surface area contributed by atoms with Crippen LogP contribution in [-0.4, -0.2) is 76.6 Å². The predicted molar refractivity (Wildman–Crippen MR) is 163 cm³/mol. The normalized spacial score (nSPS) is 17.0. The number of para-hydroxylation sites is 1. The average molecular weight is 589 g/mol. The average Bonchev–Trinajstić information content (AvgIpc) is 3.42. The first-order chi connectivity index (χ1) is 20.3. The molecule has 0 unspecified atom stereocenters. The molecule has 2 amide bonds. The van der Waals surface area contributed by atoms with Gasteiger partial charge in [0.2, 0.25) is 5.91 Å². The Labute approximate surface area is 248 Å². The van der Waals surface area contributed by atoms with E-state index >= 15 is 0 Å². The molecule has 5 rings (SSSR count). The number of fused-ring (bicyclic) bond motifs is 1. The summed E-state index contributed by atoms with van der Waals surface area (Å²) >= 11 is 1.02. The summed E-state index contributed by atoms with van der Waals surface area (Å²) in [6.45, 7) is 4.14. The number of rotatable bonds is 10. The zero-order valence-corrected chi connectivity index (χ0v) is 24.9. The van der Waals surface area contributed by atoms with E-state index in [1.165, 1.54) is 0 Å². The first kappa shape index (κ1) is 29.4. The molecule has 2 aromatic heterocycles. The molecule has 0 spiro atoms. The van der Waals surface area contributed by atoms with E-state index in [1.54, 1.807) is 24.3 Å². The third-order valence-corrected chi connectivity index (χ3v) is 8.37. The SMILES string of the molecule is Cc1cc(COc2ccc(C(=O)N[C@@H]3CCN(C(=O)CCCN(C)C)C[C@@H]3c3n[nH]c(=O)s3)cc2)c2ccccc2n1. The van der Waals surface area contributed by atoms with Gasteiger partial charge in [0.15, 0.2) is 0 Å². The third kappa shape index (κ3) is 7.21. The van der Waals surface area contributed by atoms with Gasteiger partial charge in [-0.05, 0) is 76.8 Å². The molecular weight excluding hydrogens is 552 g/mol. The summed E-state index contributed by atoms with van der Waals surface area (Å²) < 4.78 is 6.05. The number of hydrogen-bond donors (Lipinski definition) is 2. The lowest BCUT2D eigenvalue weighted by atomic mass is 9.91. The van der Waals surface area contributed by atoms with Crippen molar-refractivity contribution in [3.05, 3.63) is 86.1 Å². The van der Waals surface area contributed by atoms with Crippen LogP contribution in [-0.2, 0) is 11.4 Å². The summed E-state index contributed by atoms with van der Waals surface area (Å²) in [6, 6.07) is 16.8. The number of pyridine rings is 1. The summed E-state index contributed by atoms with van der Waals surface area (Å²) in [5.41, 5.74) is 3.42. The molecule has 0 aliphatic carbocycles. The molecule has 0 saturated carbocycles. The van der Waals surface area contributed by atoms with Crippen molar-refractivity contribution in [2.75, 3.05) is 33.7 Å². The molecule has 1 aliphatic heterocycles. The van der Waals surface area contributed by atoms with Gasteiger partial charge in [-0.1, -0.05) is 29.5 Å². The maximum absolute atomic E-state index is 13.3. The Morgan fingerprint density at radius 2 is 1.95 bits per heavy atom. The summed E-state index contributed by atoms with van der Waals surface area (Å²) in [7, 11) is 3.97. The number of ether oxygens (including phenoxy) is 1. The Hall–Kier alpha value is -4.09. The zero-order valence-electron chi connectivity index (χ0n) is 24.1. The van der Waals surface area contributed by atoms with E-state index in [-0.39, 0.29) is 28.6 Å². The topological polar surface area (TPSA) is 121 Å². The number of aromatic amines is 1. The van der Waals surface area contributed by atoms with E-state index in [1.807, 2.05) is 56.3 Å². The van der Waals surface area contributed by atoms with Gasteiger partial charge in [0, 0.05) is 47.8 Å². The quantitative estimate of drug-likeness (QED) is 0.290. The van der Waals surface area contributed by atoms with Crippen molar-refractivity contribution < 1.29 is 14.3 Å². The van der Waals surface area contributed by atoms with Gasteiger partial charge < -0.3 is 19.9 Å². The van der Waals surface area contributed by atoms with Crippen LogP contribution in [0.4, 0.5) is 0 Å². The number of nitrogens with zero attached hydrogens (tertiary/aromatic N) is 4. The van der Waals surface area contributed by atoms with E-state index in [0.29, 0.717) is 48.9 Å². The van der Waals surface area contributed by atoms with Crippen LogP contribution in [0.2, 0.25) is 0 Å². The maximum Gasteiger partial charge on any atom is 0.322 e. The fourth-order valence-corrected chi connectivity index (χ4v) is 6.10. The van der Waals surface area contributed by atoms with E-state index in [4.69, 9.17) is 4.74 Å². The van der Waals surface area contributed by atoms with Crippen LogP contribution >= 0.6 is 11.3 Å². The molecule has 2 atom stereocenters. The number of amides is 2. The van der Waals surface area contributed by atoms with E-state index in [9.17, 15) is 14.4 Å². The van der Waals surface area contributed by atoms with E-state index in [2.05, 4.69) is 25.4 Å². The molecule has 0 radical (unpaired) electrons. The molecule has 4 aromatic rings. The standard InChI is InChI=1S/C31H36N6O4S/c1-20-17-22(24-7-4-5-8-26(24)32-20)19-41-23-12-10-21(11-13-23)29(39)33-27-14-16-37(28(38)9-6-15-36(2)3)18-25(27)30-34-35-31(40)42-30/h4-5,7-8,10-13,17,25,27H,6,9,14-16,18-19H2,1-3H3,(H,33,39)(H,35,40)/t25-,27+/m0/s1. The maximum atomic E-state index is 13.3. The first-order valence-corrected chi connectivity index (χ1v) is 15.0. The van der Waals surface area contributed by atoms with Crippen molar-refractivity contribution in [3.63, 3.8) is 0 Å². The van der Waals surface area contributed by atoms with Gasteiger partial charge in [0.05, 0.1) is 11.4 Å². The van der Waals surface area contributed by atoms with Gasteiger partial charge >= 0.3 is 4.87 Å². The Balaban J connectivity index is 1.22. The second-order valence-electron chi connectivity index (χ2n) is 10.9. The van der Waals surface area contributed by atoms with Crippen LogP contribution in [0.15, 0.2) is 59.4 Å². The van der Waals surface area contributed by atoms with Crippen molar-refractivity contribution in [1.82, 2.24) is 30.3 Å². The van der Waals surface area contributed by atoms with Crippen LogP contribution in [0.1, 0.15) is 51.8 Å². The van der Waals surface area contributed by atoms with Crippen LogP contribution in [0.25, 0.3) is 10.9 Å². The summed E-state index contributed by atoms with van der Waals surface area (Å²) in [6.07, 6.45) is 1.82. The van der Waals surface area contributed by atoms with Crippen molar-refractivity contribution in [3.8, 4) is 5.75 Å². The molecule has 1 aliphatic rings. The summed E-state index contributed by atoms with van der Waals surface area (Å²) in [4.78, 5) is 46.2. The fraction of sp³-hybridized carbons (Fsp3) is 0.387. The lowest BCUT2D eigenvalue weighted by Gasteiger charge is -2.38. The number of likely N-dealkylation sites (tertiary alicyclic amines) is 1. The van der Waals surface area contributed by atoms with Crippen molar-refractivity contribution in [2.45, 2.75) is 44.8 Å². The summed E-state index contributed by atoms with van der Waals surface area (Å²) in [5, 5.41) is 11.5. The van der Waals surface area contributed by atoms with Crippen molar-refractivity contribution in [1.29, 1.82) is 0 Å². The molecule has 42 heavy (non-hydrogen) atoms. The largest absolute Gasteiger partial charge is 0.489 e. The lowest BCUT2D eigenvalue weighted by molar-refractivity contribution is -0.132. The highest BCUT2D eigenvalue weighted by molar-refractivity contribution is 7.08. The predicted octanol–water partition coefficient (Wildman–Crippen LogP) is 3.72. The minimum atomic E-state index is -0.273.